The molecule has 2 aromatic rings. The molecule has 1 aromatic carbocycles. The lowest BCUT2D eigenvalue weighted by Gasteiger charge is -2.22. The van der Waals surface area contributed by atoms with Gasteiger partial charge in [-0.2, -0.15) is 5.26 Å². The number of aromatic nitrogens is 1. The summed E-state index contributed by atoms with van der Waals surface area (Å²) in [5.41, 5.74) is 2.37. The second-order valence-corrected chi connectivity index (χ2v) is 7.21. The SMILES string of the molecule is CN(CCCCCCC#N)CCC(c1ccc(Cl)cc1)c1ccccn1. The van der Waals surface area contributed by atoms with E-state index in [4.69, 9.17) is 16.9 Å². The zero-order valence-electron chi connectivity index (χ0n) is 15.6. The molecule has 4 heteroatoms. The molecule has 0 saturated heterocycles. The maximum atomic E-state index is 8.57. The van der Waals surface area contributed by atoms with E-state index in [0.29, 0.717) is 6.42 Å². The Kier molecular flexibility index (Phi) is 9.17. The van der Waals surface area contributed by atoms with Crippen LogP contribution in [0.25, 0.3) is 0 Å². The van der Waals surface area contributed by atoms with Crippen LogP contribution in [0.3, 0.4) is 0 Å². The fourth-order valence-corrected chi connectivity index (χ4v) is 3.29. The van der Waals surface area contributed by atoms with E-state index in [2.05, 4.69) is 47.3 Å². The minimum atomic E-state index is 0.284. The number of rotatable bonds is 11. The van der Waals surface area contributed by atoms with E-state index in [0.717, 1.165) is 43.1 Å². The predicted molar refractivity (Wildman–Crippen MR) is 108 cm³/mol. The summed E-state index contributed by atoms with van der Waals surface area (Å²) in [6.07, 6.45) is 8.15. The van der Waals surface area contributed by atoms with Gasteiger partial charge in [-0.1, -0.05) is 42.6 Å². The van der Waals surface area contributed by atoms with E-state index in [9.17, 15) is 0 Å². The van der Waals surface area contributed by atoms with E-state index < -0.39 is 0 Å². The van der Waals surface area contributed by atoms with Crippen LogP contribution in [0.5, 0.6) is 0 Å². The second kappa shape index (κ2) is 11.7. The molecule has 0 N–H and O–H groups in total. The average molecular weight is 370 g/mol. The summed E-state index contributed by atoms with van der Waals surface area (Å²) in [5.74, 6) is 0.284. The van der Waals surface area contributed by atoms with Crippen LogP contribution in [-0.2, 0) is 0 Å². The summed E-state index contributed by atoms with van der Waals surface area (Å²) in [6.45, 7) is 2.13. The average Bonchev–Trinajstić information content (AvgIpc) is 2.67. The fraction of sp³-hybridized carbons (Fsp3) is 0.455. The van der Waals surface area contributed by atoms with Gasteiger partial charge >= 0.3 is 0 Å². The van der Waals surface area contributed by atoms with Crippen molar-refractivity contribution in [3.05, 3.63) is 64.9 Å². The normalized spacial score (nSPS) is 12.1. The van der Waals surface area contributed by atoms with Crippen LogP contribution < -0.4 is 0 Å². The molecule has 0 spiro atoms. The predicted octanol–water partition coefficient (Wildman–Crippen LogP) is 5.66. The van der Waals surface area contributed by atoms with Gasteiger partial charge in [0, 0.05) is 29.3 Å². The molecule has 3 nitrogen and oxygen atoms in total. The smallest absolute Gasteiger partial charge is 0.0621 e. The molecule has 26 heavy (non-hydrogen) atoms. The Morgan fingerprint density at radius 2 is 1.81 bits per heavy atom. The number of benzene rings is 1. The maximum Gasteiger partial charge on any atom is 0.0621 e. The molecule has 0 aliphatic carbocycles. The third-order valence-electron chi connectivity index (χ3n) is 4.70. The summed E-state index contributed by atoms with van der Waals surface area (Å²) in [7, 11) is 2.19. The molecule has 0 bridgehead atoms. The lowest BCUT2D eigenvalue weighted by molar-refractivity contribution is 0.313. The van der Waals surface area contributed by atoms with Crippen LogP contribution in [-0.4, -0.2) is 30.0 Å². The van der Waals surface area contributed by atoms with Crippen molar-refractivity contribution in [3.63, 3.8) is 0 Å². The largest absolute Gasteiger partial charge is 0.306 e. The van der Waals surface area contributed by atoms with E-state index in [-0.39, 0.29) is 5.92 Å². The highest BCUT2D eigenvalue weighted by Crippen LogP contribution is 2.27. The van der Waals surface area contributed by atoms with Crippen LogP contribution >= 0.6 is 11.6 Å². The first-order chi connectivity index (χ1) is 12.7. The molecule has 0 fully saturated rings. The van der Waals surface area contributed by atoms with Crippen molar-refractivity contribution in [1.82, 2.24) is 9.88 Å². The van der Waals surface area contributed by atoms with Crippen molar-refractivity contribution in [2.45, 2.75) is 44.4 Å². The Balaban J connectivity index is 1.87. The number of nitriles is 1. The standard InChI is InChI=1S/C22H28ClN3/c1-26(17-8-4-2-3-6-15-24)18-14-21(22-9-5-7-16-25-22)19-10-12-20(23)13-11-19/h5,7,9-13,16,21H,2-4,6,8,14,17-18H2,1H3. The minimum absolute atomic E-state index is 0.284. The quantitative estimate of drug-likeness (QED) is 0.479. The summed E-state index contributed by atoms with van der Waals surface area (Å²) in [6, 6.07) is 16.5. The number of unbranched alkanes of at least 4 members (excludes halogenated alkanes) is 4. The van der Waals surface area contributed by atoms with Crippen molar-refractivity contribution in [2.24, 2.45) is 0 Å². The molecule has 1 atom stereocenters. The van der Waals surface area contributed by atoms with Gasteiger partial charge in [0.15, 0.2) is 0 Å². The van der Waals surface area contributed by atoms with E-state index in [1.54, 1.807) is 0 Å². The Morgan fingerprint density at radius 3 is 2.50 bits per heavy atom. The van der Waals surface area contributed by atoms with Crippen LogP contribution in [0.15, 0.2) is 48.7 Å². The van der Waals surface area contributed by atoms with E-state index in [1.165, 1.54) is 18.4 Å². The van der Waals surface area contributed by atoms with Gasteiger partial charge in [0.25, 0.3) is 0 Å². The Morgan fingerprint density at radius 1 is 1.04 bits per heavy atom. The molecular formula is C22H28ClN3. The van der Waals surface area contributed by atoms with Crippen molar-refractivity contribution >= 4 is 11.6 Å². The van der Waals surface area contributed by atoms with Gasteiger partial charge in [-0.25, -0.2) is 0 Å². The van der Waals surface area contributed by atoms with Gasteiger partial charge in [-0.05, 0) is 69.2 Å². The first kappa shape index (κ1) is 20.4. The first-order valence-corrected chi connectivity index (χ1v) is 9.80. The highest BCUT2D eigenvalue weighted by atomic mass is 35.5. The van der Waals surface area contributed by atoms with Gasteiger partial charge in [0.05, 0.1) is 6.07 Å². The molecule has 0 saturated carbocycles. The number of halogens is 1. The van der Waals surface area contributed by atoms with Gasteiger partial charge in [0.2, 0.25) is 0 Å². The molecular weight excluding hydrogens is 342 g/mol. The van der Waals surface area contributed by atoms with Crippen LogP contribution in [0.1, 0.15) is 55.7 Å². The monoisotopic (exact) mass is 369 g/mol. The second-order valence-electron chi connectivity index (χ2n) is 6.77. The van der Waals surface area contributed by atoms with Crippen molar-refractivity contribution in [2.75, 3.05) is 20.1 Å². The van der Waals surface area contributed by atoms with Crippen LogP contribution in [0.2, 0.25) is 5.02 Å². The number of hydrogen-bond acceptors (Lipinski definition) is 3. The zero-order valence-corrected chi connectivity index (χ0v) is 16.3. The molecule has 0 amide bonds. The molecule has 2 rings (SSSR count). The van der Waals surface area contributed by atoms with E-state index in [1.807, 2.05) is 24.4 Å². The molecule has 138 valence electrons. The Labute approximate surface area is 162 Å². The molecule has 1 unspecified atom stereocenters. The summed E-state index contributed by atoms with van der Waals surface area (Å²) in [4.78, 5) is 6.98. The fourth-order valence-electron chi connectivity index (χ4n) is 3.16. The summed E-state index contributed by atoms with van der Waals surface area (Å²) >= 11 is 6.05. The van der Waals surface area contributed by atoms with Crippen molar-refractivity contribution in [3.8, 4) is 6.07 Å². The Bertz CT molecular complexity index is 664. The zero-order chi connectivity index (χ0) is 18.6. The summed E-state index contributed by atoms with van der Waals surface area (Å²) in [5, 5.41) is 9.33. The lowest BCUT2D eigenvalue weighted by atomic mass is 9.92. The third kappa shape index (κ3) is 7.15. The van der Waals surface area contributed by atoms with Crippen LogP contribution in [0, 0.1) is 11.3 Å². The van der Waals surface area contributed by atoms with Crippen molar-refractivity contribution < 1.29 is 0 Å². The lowest BCUT2D eigenvalue weighted by Crippen LogP contribution is -2.23. The van der Waals surface area contributed by atoms with Gasteiger partial charge in [-0.15, -0.1) is 0 Å². The number of nitrogens with zero attached hydrogens (tertiary/aromatic N) is 3. The van der Waals surface area contributed by atoms with Crippen LogP contribution in [0.4, 0.5) is 0 Å². The molecule has 0 aliphatic heterocycles. The topological polar surface area (TPSA) is 39.9 Å². The third-order valence-corrected chi connectivity index (χ3v) is 4.95. The molecule has 1 heterocycles. The maximum absolute atomic E-state index is 8.57. The van der Waals surface area contributed by atoms with Gasteiger partial charge < -0.3 is 4.90 Å². The molecule has 0 aliphatic rings. The number of pyridine rings is 1. The highest BCUT2D eigenvalue weighted by molar-refractivity contribution is 6.30. The minimum Gasteiger partial charge on any atom is -0.306 e. The molecule has 0 radical (unpaired) electrons. The number of hydrogen-bond donors (Lipinski definition) is 0. The van der Waals surface area contributed by atoms with E-state index >= 15 is 0 Å². The first-order valence-electron chi connectivity index (χ1n) is 9.42. The Hall–Kier alpha value is -1.89. The van der Waals surface area contributed by atoms with Crippen molar-refractivity contribution in [1.29, 1.82) is 5.26 Å². The van der Waals surface area contributed by atoms with Gasteiger partial charge in [-0.3, -0.25) is 4.98 Å². The summed E-state index contributed by atoms with van der Waals surface area (Å²) < 4.78 is 0. The molecule has 1 aromatic heterocycles. The highest BCUT2D eigenvalue weighted by Gasteiger charge is 2.16. The van der Waals surface area contributed by atoms with Gasteiger partial charge in [0.1, 0.15) is 0 Å².